The van der Waals surface area contributed by atoms with Crippen molar-refractivity contribution in [1.82, 2.24) is 0 Å². The van der Waals surface area contributed by atoms with Gasteiger partial charge < -0.3 is 0 Å². The third-order valence-corrected chi connectivity index (χ3v) is 3.99. The fraction of sp³-hybridized carbons (Fsp3) is 0.273. The minimum absolute atomic E-state index is 0.175. The van der Waals surface area contributed by atoms with Crippen molar-refractivity contribution in [2.75, 3.05) is 12.3 Å². The Balaban J connectivity index is 1.87. The van der Waals surface area contributed by atoms with Gasteiger partial charge >= 0.3 is 0 Å². The number of carbonyl (C=O) groups is 1. The van der Waals surface area contributed by atoms with Crippen molar-refractivity contribution in [2.45, 2.75) is 6.42 Å². The standard InChI is InChI=1S/C11H11NOS2/c13-10(15-11-12-6-7-14-11)8-9-4-2-1-3-5-9/h1-5H,6-8H2. The normalized spacial score (nSPS) is 15.1. The van der Waals surface area contributed by atoms with Gasteiger partial charge in [0, 0.05) is 12.2 Å². The van der Waals surface area contributed by atoms with Crippen LogP contribution in [0.5, 0.6) is 0 Å². The third kappa shape index (κ3) is 3.39. The van der Waals surface area contributed by atoms with E-state index < -0.39 is 0 Å². The number of hydrogen-bond acceptors (Lipinski definition) is 4. The molecule has 0 amide bonds. The molecule has 2 rings (SSSR count). The smallest absolute Gasteiger partial charge is 0.200 e. The molecular formula is C11H11NOS2. The van der Waals surface area contributed by atoms with Crippen molar-refractivity contribution >= 4 is 33.0 Å². The van der Waals surface area contributed by atoms with E-state index in [1.165, 1.54) is 11.8 Å². The average Bonchev–Trinajstić information content (AvgIpc) is 2.71. The van der Waals surface area contributed by atoms with Crippen molar-refractivity contribution in [3.63, 3.8) is 0 Å². The molecule has 0 N–H and O–H groups in total. The van der Waals surface area contributed by atoms with Gasteiger partial charge in [-0.1, -0.05) is 42.1 Å². The zero-order valence-corrected chi connectivity index (χ0v) is 9.81. The highest BCUT2D eigenvalue weighted by Gasteiger charge is 2.13. The predicted octanol–water partition coefficient (Wildman–Crippen LogP) is 2.59. The molecule has 0 atom stereocenters. The summed E-state index contributed by atoms with van der Waals surface area (Å²) >= 11 is 2.95. The summed E-state index contributed by atoms with van der Waals surface area (Å²) in [6.07, 6.45) is 0.491. The molecule has 1 aliphatic heterocycles. The van der Waals surface area contributed by atoms with E-state index in [1.54, 1.807) is 11.8 Å². The molecule has 0 aliphatic carbocycles. The summed E-state index contributed by atoms with van der Waals surface area (Å²) in [4.78, 5) is 15.9. The Morgan fingerprint density at radius 3 is 2.87 bits per heavy atom. The Hall–Kier alpha value is -0.740. The van der Waals surface area contributed by atoms with Gasteiger partial charge in [-0.05, 0) is 17.3 Å². The van der Waals surface area contributed by atoms with Gasteiger partial charge in [0.15, 0.2) is 5.12 Å². The van der Waals surface area contributed by atoms with Crippen molar-refractivity contribution in [2.24, 2.45) is 4.99 Å². The first kappa shape index (κ1) is 10.8. The molecule has 0 saturated heterocycles. The molecule has 1 heterocycles. The van der Waals surface area contributed by atoms with Gasteiger partial charge in [0.05, 0.1) is 6.54 Å². The van der Waals surface area contributed by atoms with Crippen LogP contribution in [0.4, 0.5) is 0 Å². The second kappa shape index (κ2) is 5.37. The lowest BCUT2D eigenvalue weighted by Crippen LogP contribution is -1.99. The number of nitrogens with zero attached hydrogens (tertiary/aromatic N) is 1. The van der Waals surface area contributed by atoms with Gasteiger partial charge in [0.1, 0.15) is 4.38 Å². The molecule has 78 valence electrons. The second-order valence-electron chi connectivity index (χ2n) is 3.13. The molecule has 1 aromatic carbocycles. The summed E-state index contributed by atoms with van der Waals surface area (Å²) in [5, 5.41) is 0.175. The Bertz CT molecular complexity index is 375. The monoisotopic (exact) mass is 237 g/mol. The fourth-order valence-corrected chi connectivity index (χ4v) is 3.17. The van der Waals surface area contributed by atoms with Crippen LogP contribution in [0.2, 0.25) is 0 Å². The lowest BCUT2D eigenvalue weighted by molar-refractivity contribution is -0.110. The van der Waals surface area contributed by atoms with E-state index in [4.69, 9.17) is 0 Å². The molecule has 2 nitrogen and oxygen atoms in total. The van der Waals surface area contributed by atoms with Gasteiger partial charge in [-0.2, -0.15) is 0 Å². The minimum Gasteiger partial charge on any atom is -0.286 e. The SMILES string of the molecule is O=C(Cc1ccccc1)SC1=NCCS1. The molecule has 4 heteroatoms. The number of thioether (sulfide) groups is 2. The topological polar surface area (TPSA) is 29.4 Å². The molecule has 0 spiro atoms. The molecule has 0 aromatic heterocycles. The Morgan fingerprint density at radius 2 is 2.20 bits per heavy atom. The van der Waals surface area contributed by atoms with Gasteiger partial charge in [0.2, 0.25) is 0 Å². The fourth-order valence-electron chi connectivity index (χ4n) is 1.27. The molecule has 0 radical (unpaired) electrons. The molecule has 1 aliphatic rings. The molecule has 0 saturated carbocycles. The number of hydrogen-bond donors (Lipinski definition) is 0. The maximum atomic E-state index is 11.6. The van der Waals surface area contributed by atoms with Crippen molar-refractivity contribution in [1.29, 1.82) is 0 Å². The van der Waals surface area contributed by atoms with Crippen LogP contribution < -0.4 is 0 Å². The van der Waals surface area contributed by atoms with E-state index in [2.05, 4.69) is 4.99 Å². The third-order valence-electron chi connectivity index (χ3n) is 1.95. The van der Waals surface area contributed by atoms with Crippen LogP contribution in [0.25, 0.3) is 0 Å². The van der Waals surface area contributed by atoms with Gasteiger partial charge in [-0.3, -0.25) is 9.79 Å². The predicted molar refractivity (Wildman–Crippen MR) is 67.5 cm³/mol. The minimum atomic E-state index is 0.175. The molecule has 0 bridgehead atoms. The zero-order valence-electron chi connectivity index (χ0n) is 8.18. The first-order valence-corrected chi connectivity index (χ1v) is 6.56. The Kier molecular flexibility index (Phi) is 3.86. The molecule has 15 heavy (non-hydrogen) atoms. The van der Waals surface area contributed by atoms with E-state index >= 15 is 0 Å². The van der Waals surface area contributed by atoms with Crippen LogP contribution in [0.1, 0.15) is 5.56 Å². The van der Waals surface area contributed by atoms with E-state index in [0.29, 0.717) is 6.42 Å². The largest absolute Gasteiger partial charge is 0.286 e. The second-order valence-corrected chi connectivity index (χ2v) is 5.52. The van der Waals surface area contributed by atoms with Gasteiger partial charge in [-0.15, -0.1) is 0 Å². The van der Waals surface area contributed by atoms with Crippen molar-refractivity contribution < 1.29 is 4.79 Å². The van der Waals surface area contributed by atoms with E-state index in [0.717, 1.165) is 22.2 Å². The number of benzene rings is 1. The summed E-state index contributed by atoms with van der Waals surface area (Å²) in [6.45, 7) is 0.853. The maximum absolute atomic E-state index is 11.6. The summed E-state index contributed by atoms with van der Waals surface area (Å²) in [7, 11) is 0. The Morgan fingerprint density at radius 1 is 1.40 bits per heavy atom. The molecule has 0 unspecified atom stereocenters. The van der Waals surface area contributed by atoms with E-state index in [1.807, 2.05) is 30.3 Å². The molecule has 1 aromatic rings. The van der Waals surface area contributed by atoms with Crippen LogP contribution >= 0.6 is 23.5 Å². The summed E-state index contributed by atoms with van der Waals surface area (Å²) < 4.78 is 0.927. The highest BCUT2D eigenvalue weighted by Crippen LogP contribution is 2.23. The molecular weight excluding hydrogens is 226 g/mol. The van der Waals surface area contributed by atoms with Crippen molar-refractivity contribution in [3.05, 3.63) is 35.9 Å². The summed E-state index contributed by atoms with van der Waals surface area (Å²) in [5.41, 5.74) is 1.07. The van der Waals surface area contributed by atoms with E-state index in [9.17, 15) is 4.79 Å². The van der Waals surface area contributed by atoms with Crippen LogP contribution in [0, 0.1) is 0 Å². The molecule has 0 fully saturated rings. The number of rotatable bonds is 2. The summed E-state index contributed by atoms with van der Waals surface area (Å²) in [6, 6.07) is 9.81. The van der Waals surface area contributed by atoms with E-state index in [-0.39, 0.29) is 5.12 Å². The van der Waals surface area contributed by atoms with Crippen LogP contribution in [-0.4, -0.2) is 21.8 Å². The zero-order chi connectivity index (χ0) is 10.5. The first-order valence-electron chi connectivity index (χ1n) is 4.76. The van der Waals surface area contributed by atoms with Crippen LogP contribution in [0.15, 0.2) is 35.3 Å². The van der Waals surface area contributed by atoms with Gasteiger partial charge in [-0.25, -0.2) is 0 Å². The lowest BCUT2D eigenvalue weighted by Gasteiger charge is -1.99. The highest BCUT2D eigenvalue weighted by molar-refractivity contribution is 8.45. The number of aliphatic imine (C=N–C) groups is 1. The lowest BCUT2D eigenvalue weighted by atomic mass is 10.2. The quantitative estimate of drug-likeness (QED) is 0.792. The Labute approximate surface area is 97.6 Å². The van der Waals surface area contributed by atoms with Crippen LogP contribution in [-0.2, 0) is 11.2 Å². The van der Waals surface area contributed by atoms with Gasteiger partial charge in [0.25, 0.3) is 0 Å². The average molecular weight is 237 g/mol. The summed E-state index contributed by atoms with van der Waals surface area (Å²) in [5.74, 6) is 1.01. The van der Waals surface area contributed by atoms with Crippen LogP contribution in [0.3, 0.4) is 0 Å². The first-order chi connectivity index (χ1) is 7.34. The number of carbonyl (C=O) groups excluding carboxylic acids is 1. The highest BCUT2D eigenvalue weighted by atomic mass is 32.2. The van der Waals surface area contributed by atoms with Crippen molar-refractivity contribution in [3.8, 4) is 0 Å². The maximum Gasteiger partial charge on any atom is 0.200 e.